The molecule has 0 saturated heterocycles. The van der Waals surface area contributed by atoms with Gasteiger partial charge in [0.05, 0.1) is 12.2 Å². The van der Waals surface area contributed by atoms with Crippen LogP contribution in [0.25, 0.3) is 0 Å². The van der Waals surface area contributed by atoms with Gasteiger partial charge in [-0.3, -0.25) is 0 Å². The van der Waals surface area contributed by atoms with E-state index < -0.39 is 0 Å². The molecule has 0 radical (unpaired) electrons. The second-order valence-corrected chi connectivity index (χ2v) is 4.18. The summed E-state index contributed by atoms with van der Waals surface area (Å²) in [6.45, 7) is 7.53. The first-order valence-corrected chi connectivity index (χ1v) is 5.52. The van der Waals surface area contributed by atoms with Crippen molar-refractivity contribution in [3.63, 3.8) is 0 Å². The molecule has 1 aliphatic rings. The van der Waals surface area contributed by atoms with Gasteiger partial charge < -0.3 is 4.74 Å². The summed E-state index contributed by atoms with van der Waals surface area (Å²) in [7, 11) is 0. The molecule has 0 saturated carbocycles. The Kier molecular flexibility index (Phi) is 3.98. The fourth-order valence-electron chi connectivity index (χ4n) is 2.06. The normalized spacial score (nSPS) is 28.7. The zero-order chi connectivity index (χ0) is 9.73. The molecule has 0 bridgehead atoms. The minimum Gasteiger partial charge on any atom is -0.371 e. The molecular formula is C12H22O. The van der Waals surface area contributed by atoms with E-state index in [0.717, 1.165) is 19.4 Å². The van der Waals surface area contributed by atoms with Gasteiger partial charge in [-0.05, 0) is 26.2 Å². The van der Waals surface area contributed by atoms with Gasteiger partial charge >= 0.3 is 0 Å². The highest BCUT2D eigenvalue weighted by Crippen LogP contribution is 2.33. The van der Waals surface area contributed by atoms with Crippen molar-refractivity contribution in [1.82, 2.24) is 0 Å². The third kappa shape index (κ3) is 2.84. The van der Waals surface area contributed by atoms with E-state index in [1.165, 1.54) is 24.8 Å². The third-order valence-electron chi connectivity index (χ3n) is 3.05. The fourth-order valence-corrected chi connectivity index (χ4v) is 2.06. The molecule has 0 aromatic heterocycles. The van der Waals surface area contributed by atoms with E-state index in [1.54, 1.807) is 0 Å². The molecular weight excluding hydrogens is 160 g/mol. The molecule has 1 heteroatoms. The smallest absolute Gasteiger partial charge is 0.0721 e. The third-order valence-corrected chi connectivity index (χ3v) is 3.05. The van der Waals surface area contributed by atoms with Gasteiger partial charge in [-0.15, -0.1) is 0 Å². The second kappa shape index (κ2) is 4.80. The van der Waals surface area contributed by atoms with E-state index in [0.29, 0.717) is 0 Å². The maximum Gasteiger partial charge on any atom is 0.0721 e. The van der Waals surface area contributed by atoms with Crippen LogP contribution in [0.1, 0.15) is 52.9 Å². The van der Waals surface area contributed by atoms with Crippen LogP contribution < -0.4 is 0 Å². The van der Waals surface area contributed by atoms with Crippen molar-refractivity contribution in [1.29, 1.82) is 0 Å². The van der Waals surface area contributed by atoms with Crippen LogP contribution >= 0.6 is 0 Å². The predicted octanol–water partition coefficient (Wildman–Crippen LogP) is 3.69. The maximum atomic E-state index is 5.91. The minimum atomic E-state index is 0.175. The van der Waals surface area contributed by atoms with Gasteiger partial charge in [0.2, 0.25) is 0 Å². The van der Waals surface area contributed by atoms with Gasteiger partial charge in [0.25, 0.3) is 0 Å². The minimum absolute atomic E-state index is 0.175. The molecule has 1 aliphatic heterocycles. The quantitative estimate of drug-likeness (QED) is 0.602. The Morgan fingerprint density at radius 2 is 2.23 bits per heavy atom. The lowest BCUT2D eigenvalue weighted by Crippen LogP contribution is -2.34. The van der Waals surface area contributed by atoms with Crippen LogP contribution in [0.15, 0.2) is 11.6 Å². The van der Waals surface area contributed by atoms with Crippen LogP contribution in [0.5, 0.6) is 0 Å². The molecule has 0 aromatic rings. The zero-order valence-electron chi connectivity index (χ0n) is 9.23. The number of hydrogen-bond acceptors (Lipinski definition) is 1. The Labute approximate surface area is 82.2 Å². The highest BCUT2D eigenvalue weighted by molar-refractivity contribution is 5.07. The number of unbranched alkanes of at least 4 members (excludes halogenated alkanes) is 1. The monoisotopic (exact) mass is 182 g/mol. The summed E-state index contributed by atoms with van der Waals surface area (Å²) in [5.41, 5.74) is 1.68. The van der Waals surface area contributed by atoms with Gasteiger partial charge in [-0.25, -0.2) is 0 Å². The molecule has 0 N–H and O–H groups in total. The molecule has 0 amide bonds. The highest BCUT2D eigenvalue weighted by Gasteiger charge is 2.30. The van der Waals surface area contributed by atoms with Crippen molar-refractivity contribution < 1.29 is 4.74 Å². The summed E-state index contributed by atoms with van der Waals surface area (Å²) < 4.78 is 5.91. The zero-order valence-corrected chi connectivity index (χ0v) is 9.23. The Morgan fingerprint density at radius 3 is 2.77 bits per heavy atom. The van der Waals surface area contributed by atoms with Crippen molar-refractivity contribution in [2.75, 3.05) is 6.61 Å². The molecule has 1 heterocycles. The van der Waals surface area contributed by atoms with Gasteiger partial charge in [-0.1, -0.05) is 38.3 Å². The van der Waals surface area contributed by atoms with Crippen molar-refractivity contribution >= 4 is 0 Å². The van der Waals surface area contributed by atoms with E-state index >= 15 is 0 Å². The average Bonchev–Trinajstić information content (AvgIpc) is 2.15. The Morgan fingerprint density at radius 1 is 1.46 bits per heavy atom. The van der Waals surface area contributed by atoms with E-state index in [2.05, 4.69) is 26.8 Å². The molecule has 76 valence electrons. The highest BCUT2D eigenvalue weighted by atomic mass is 16.5. The Hall–Kier alpha value is -0.300. The van der Waals surface area contributed by atoms with E-state index in [9.17, 15) is 0 Å². The molecule has 0 spiro atoms. The van der Waals surface area contributed by atoms with Crippen LogP contribution in [0.2, 0.25) is 0 Å². The summed E-state index contributed by atoms with van der Waals surface area (Å²) in [5.74, 6) is 0. The van der Waals surface area contributed by atoms with Gasteiger partial charge in [0.15, 0.2) is 0 Å². The Bertz CT molecular complexity index is 184. The van der Waals surface area contributed by atoms with E-state index in [1.807, 2.05) is 0 Å². The van der Waals surface area contributed by atoms with Crippen molar-refractivity contribution in [3.8, 4) is 0 Å². The number of ether oxygens (including phenoxy) is 1. The number of rotatable bonds is 4. The molecule has 0 aromatic carbocycles. The van der Waals surface area contributed by atoms with Gasteiger partial charge in [-0.2, -0.15) is 0 Å². The first-order chi connectivity index (χ1) is 6.22. The molecule has 13 heavy (non-hydrogen) atoms. The lowest BCUT2D eigenvalue weighted by molar-refractivity contribution is -0.0499. The summed E-state index contributed by atoms with van der Waals surface area (Å²) in [4.78, 5) is 0. The lowest BCUT2D eigenvalue weighted by Gasteiger charge is -2.36. The molecule has 1 nitrogen and oxygen atoms in total. The first kappa shape index (κ1) is 10.8. The second-order valence-electron chi connectivity index (χ2n) is 4.18. The van der Waals surface area contributed by atoms with Crippen LogP contribution in [0, 0.1) is 0 Å². The van der Waals surface area contributed by atoms with Crippen molar-refractivity contribution in [3.05, 3.63) is 11.6 Å². The van der Waals surface area contributed by atoms with E-state index in [4.69, 9.17) is 4.74 Å². The van der Waals surface area contributed by atoms with Crippen LogP contribution in [-0.4, -0.2) is 12.2 Å². The van der Waals surface area contributed by atoms with Crippen molar-refractivity contribution in [2.45, 2.75) is 58.5 Å². The molecule has 0 fully saturated rings. The predicted molar refractivity (Wildman–Crippen MR) is 56.9 cm³/mol. The molecule has 1 atom stereocenters. The lowest BCUT2D eigenvalue weighted by atomic mass is 9.85. The summed E-state index contributed by atoms with van der Waals surface area (Å²) in [5, 5.41) is 0. The van der Waals surface area contributed by atoms with Gasteiger partial charge in [0, 0.05) is 0 Å². The van der Waals surface area contributed by atoms with Crippen LogP contribution in [-0.2, 0) is 4.74 Å². The molecule has 1 unspecified atom stereocenters. The van der Waals surface area contributed by atoms with E-state index in [-0.39, 0.29) is 5.60 Å². The van der Waals surface area contributed by atoms with Crippen LogP contribution in [0.3, 0.4) is 0 Å². The standard InChI is InChI=1S/C12H22O/c1-4-6-8-12(5-2)10-11(3)7-9-13-12/h7H,4-6,8-10H2,1-3H3. The average molecular weight is 182 g/mol. The van der Waals surface area contributed by atoms with Crippen molar-refractivity contribution in [2.24, 2.45) is 0 Å². The van der Waals surface area contributed by atoms with Gasteiger partial charge in [0.1, 0.15) is 0 Å². The Balaban J connectivity index is 2.54. The first-order valence-electron chi connectivity index (χ1n) is 5.52. The summed E-state index contributed by atoms with van der Waals surface area (Å²) >= 11 is 0. The molecule has 1 rings (SSSR count). The van der Waals surface area contributed by atoms with Crippen LogP contribution in [0.4, 0.5) is 0 Å². The number of hydrogen-bond donors (Lipinski definition) is 0. The largest absolute Gasteiger partial charge is 0.371 e. The SMILES string of the molecule is CCCCC1(CC)CC(C)=CCO1. The maximum absolute atomic E-state index is 5.91. The summed E-state index contributed by atoms with van der Waals surface area (Å²) in [6, 6.07) is 0. The summed E-state index contributed by atoms with van der Waals surface area (Å²) in [6.07, 6.45) is 8.29. The topological polar surface area (TPSA) is 9.23 Å². The molecule has 0 aliphatic carbocycles. The fraction of sp³-hybridized carbons (Fsp3) is 0.833.